The Morgan fingerprint density at radius 3 is 2.75 bits per heavy atom. The average Bonchev–Trinajstić information content (AvgIpc) is 2.39. The number of amides is 1. The zero-order chi connectivity index (χ0) is 15.1. The molecule has 8 heteroatoms. The molecule has 0 saturated heterocycles. The minimum Gasteiger partial charge on any atom is -0.466 e. The lowest BCUT2D eigenvalue weighted by Crippen LogP contribution is -2.26. The summed E-state index contributed by atoms with van der Waals surface area (Å²) in [5, 5.41) is 13.3. The molecule has 0 aliphatic rings. The molecule has 20 heavy (non-hydrogen) atoms. The van der Waals surface area contributed by atoms with Gasteiger partial charge in [0.15, 0.2) is 0 Å². The fourth-order valence-electron chi connectivity index (χ4n) is 1.41. The molecule has 0 heterocycles. The maximum absolute atomic E-state index is 11.8. The van der Waals surface area contributed by atoms with Gasteiger partial charge < -0.3 is 10.1 Å². The molecule has 0 aliphatic heterocycles. The number of ether oxygens (including phenoxy) is 1. The Morgan fingerprint density at radius 1 is 1.45 bits per heavy atom. The number of rotatable bonds is 6. The van der Waals surface area contributed by atoms with Crippen LogP contribution in [0.1, 0.15) is 23.7 Å². The van der Waals surface area contributed by atoms with Crippen LogP contribution in [0.2, 0.25) is 0 Å². The summed E-state index contributed by atoms with van der Waals surface area (Å²) < 4.78 is 5.01. The van der Waals surface area contributed by atoms with Gasteiger partial charge in [0.05, 0.1) is 22.4 Å². The molecule has 0 aromatic heterocycles. The number of nitrogens with zero attached hydrogens (tertiary/aromatic N) is 1. The molecule has 0 radical (unpaired) electrons. The Balaban J connectivity index is 2.62. The van der Waals surface area contributed by atoms with Crippen molar-refractivity contribution in [1.29, 1.82) is 0 Å². The van der Waals surface area contributed by atoms with Gasteiger partial charge in [-0.15, -0.1) is 0 Å². The smallest absolute Gasteiger partial charge is 0.307 e. The Kier molecular flexibility index (Phi) is 6.10. The molecule has 1 N–H and O–H groups in total. The fraction of sp³-hybridized carbons (Fsp3) is 0.333. The largest absolute Gasteiger partial charge is 0.466 e. The number of halogens is 1. The van der Waals surface area contributed by atoms with Gasteiger partial charge >= 0.3 is 5.97 Å². The van der Waals surface area contributed by atoms with Crippen LogP contribution in [0.4, 0.5) is 5.69 Å². The van der Waals surface area contributed by atoms with E-state index < -0.39 is 16.8 Å². The van der Waals surface area contributed by atoms with Crippen LogP contribution in [0, 0.1) is 10.1 Å². The zero-order valence-electron chi connectivity index (χ0n) is 10.7. The summed E-state index contributed by atoms with van der Waals surface area (Å²) in [4.78, 5) is 33.0. The lowest BCUT2D eigenvalue weighted by molar-refractivity contribution is -0.385. The van der Waals surface area contributed by atoms with Gasteiger partial charge in [-0.1, -0.05) is 0 Å². The van der Waals surface area contributed by atoms with Crippen molar-refractivity contribution < 1.29 is 19.2 Å². The molecule has 1 aromatic carbocycles. The van der Waals surface area contributed by atoms with E-state index in [9.17, 15) is 19.7 Å². The highest BCUT2D eigenvalue weighted by molar-refractivity contribution is 9.10. The molecule has 108 valence electrons. The van der Waals surface area contributed by atoms with Crippen LogP contribution in [-0.4, -0.2) is 30.0 Å². The van der Waals surface area contributed by atoms with Crippen molar-refractivity contribution in [3.63, 3.8) is 0 Å². The number of nitro groups is 1. The maximum atomic E-state index is 11.8. The first-order valence-corrected chi connectivity index (χ1v) is 6.62. The highest BCUT2D eigenvalue weighted by atomic mass is 79.9. The van der Waals surface area contributed by atoms with Crippen molar-refractivity contribution in [2.24, 2.45) is 0 Å². The van der Waals surface area contributed by atoms with E-state index in [-0.39, 0.29) is 30.8 Å². The Hall–Kier alpha value is -1.96. The normalized spacial score (nSPS) is 9.90. The Labute approximate surface area is 123 Å². The van der Waals surface area contributed by atoms with Gasteiger partial charge in [0.1, 0.15) is 0 Å². The number of carbonyl (C=O) groups excluding carboxylic acids is 2. The highest BCUT2D eigenvalue weighted by Crippen LogP contribution is 2.25. The standard InChI is InChI=1S/C12H13BrN2O5/c1-2-20-11(16)5-6-14-12(17)8-3-4-9(13)10(7-8)15(18)19/h3-4,7H,2,5-6H2,1H3,(H,14,17). The molecule has 0 saturated carbocycles. The molecule has 0 atom stereocenters. The van der Waals surface area contributed by atoms with E-state index in [1.54, 1.807) is 6.92 Å². The minimum atomic E-state index is -0.584. The molecule has 0 aliphatic carbocycles. The van der Waals surface area contributed by atoms with Gasteiger partial charge in [0, 0.05) is 18.2 Å². The van der Waals surface area contributed by atoms with Gasteiger partial charge in [0.25, 0.3) is 11.6 Å². The summed E-state index contributed by atoms with van der Waals surface area (Å²) in [6.45, 7) is 2.09. The topological polar surface area (TPSA) is 98.5 Å². The van der Waals surface area contributed by atoms with Crippen LogP contribution >= 0.6 is 15.9 Å². The Morgan fingerprint density at radius 2 is 2.15 bits per heavy atom. The van der Waals surface area contributed by atoms with Gasteiger partial charge in [0.2, 0.25) is 0 Å². The highest BCUT2D eigenvalue weighted by Gasteiger charge is 2.15. The van der Waals surface area contributed by atoms with Gasteiger partial charge in [-0.25, -0.2) is 0 Å². The van der Waals surface area contributed by atoms with E-state index in [2.05, 4.69) is 21.2 Å². The first-order valence-electron chi connectivity index (χ1n) is 5.83. The van der Waals surface area contributed by atoms with Crippen LogP contribution in [-0.2, 0) is 9.53 Å². The van der Waals surface area contributed by atoms with Gasteiger partial charge in [-0.3, -0.25) is 19.7 Å². The molecule has 0 fully saturated rings. The van der Waals surface area contributed by atoms with Crippen LogP contribution in [0.3, 0.4) is 0 Å². The third-order valence-electron chi connectivity index (χ3n) is 2.33. The number of nitro benzene ring substituents is 1. The zero-order valence-corrected chi connectivity index (χ0v) is 12.3. The lowest BCUT2D eigenvalue weighted by atomic mass is 10.2. The van der Waals surface area contributed by atoms with E-state index in [0.717, 1.165) is 0 Å². The number of esters is 1. The second-order valence-electron chi connectivity index (χ2n) is 3.73. The quantitative estimate of drug-likeness (QED) is 0.483. The summed E-state index contributed by atoms with van der Waals surface area (Å²) in [6.07, 6.45) is 0.0538. The summed E-state index contributed by atoms with van der Waals surface area (Å²) in [6, 6.07) is 4.05. The first-order chi connectivity index (χ1) is 9.45. The molecule has 7 nitrogen and oxygen atoms in total. The number of carbonyl (C=O) groups is 2. The average molecular weight is 345 g/mol. The molecule has 1 amide bonds. The number of hydrogen-bond donors (Lipinski definition) is 1. The third kappa shape index (κ3) is 4.61. The van der Waals surface area contributed by atoms with Crippen LogP contribution < -0.4 is 5.32 Å². The molecule has 0 spiro atoms. The van der Waals surface area contributed by atoms with Crippen LogP contribution in [0.5, 0.6) is 0 Å². The van der Waals surface area contributed by atoms with E-state index >= 15 is 0 Å². The minimum absolute atomic E-state index is 0.0538. The second kappa shape index (κ2) is 7.59. The van der Waals surface area contributed by atoms with Crippen molar-refractivity contribution in [2.75, 3.05) is 13.2 Å². The van der Waals surface area contributed by atoms with E-state index in [1.807, 2.05) is 0 Å². The summed E-state index contributed by atoms with van der Waals surface area (Å²) in [5.41, 5.74) is -0.0354. The van der Waals surface area contributed by atoms with Crippen molar-refractivity contribution >= 4 is 33.5 Å². The van der Waals surface area contributed by atoms with E-state index in [1.165, 1.54) is 18.2 Å². The van der Waals surface area contributed by atoms with Gasteiger partial charge in [-0.2, -0.15) is 0 Å². The predicted octanol–water partition coefficient (Wildman–Crippen LogP) is 2.04. The van der Waals surface area contributed by atoms with Crippen molar-refractivity contribution in [1.82, 2.24) is 5.32 Å². The van der Waals surface area contributed by atoms with Crippen LogP contribution in [0.25, 0.3) is 0 Å². The lowest BCUT2D eigenvalue weighted by Gasteiger charge is -2.05. The Bertz CT molecular complexity index is 533. The van der Waals surface area contributed by atoms with Crippen LogP contribution in [0.15, 0.2) is 22.7 Å². The molecular weight excluding hydrogens is 332 g/mol. The summed E-state index contributed by atoms with van der Waals surface area (Å²) >= 11 is 3.03. The molecular formula is C12H13BrN2O5. The first kappa shape index (κ1) is 16.1. The van der Waals surface area contributed by atoms with Gasteiger partial charge in [-0.05, 0) is 35.0 Å². The molecule has 1 rings (SSSR count). The maximum Gasteiger partial charge on any atom is 0.307 e. The second-order valence-corrected chi connectivity index (χ2v) is 4.59. The van der Waals surface area contributed by atoms with E-state index in [4.69, 9.17) is 4.74 Å². The fourth-order valence-corrected chi connectivity index (χ4v) is 1.80. The third-order valence-corrected chi connectivity index (χ3v) is 3.00. The summed E-state index contributed by atoms with van der Waals surface area (Å²) in [5.74, 6) is -0.889. The number of nitrogens with one attached hydrogen (secondary N) is 1. The molecule has 0 bridgehead atoms. The number of hydrogen-bond acceptors (Lipinski definition) is 5. The van der Waals surface area contributed by atoms with Crippen molar-refractivity contribution in [3.8, 4) is 0 Å². The molecule has 0 unspecified atom stereocenters. The van der Waals surface area contributed by atoms with Crippen molar-refractivity contribution in [3.05, 3.63) is 38.3 Å². The monoisotopic (exact) mass is 344 g/mol. The SMILES string of the molecule is CCOC(=O)CCNC(=O)c1ccc(Br)c([N+](=O)[O-])c1. The van der Waals surface area contributed by atoms with Crippen molar-refractivity contribution in [2.45, 2.75) is 13.3 Å². The number of benzene rings is 1. The molecule has 1 aromatic rings. The predicted molar refractivity (Wildman–Crippen MR) is 74.4 cm³/mol. The van der Waals surface area contributed by atoms with E-state index in [0.29, 0.717) is 4.47 Å². The summed E-state index contributed by atoms with van der Waals surface area (Å²) in [7, 11) is 0.